The molecule has 0 aromatic carbocycles. The molecule has 0 spiro atoms. The topological polar surface area (TPSA) is 38.0 Å². The van der Waals surface area contributed by atoms with Crippen molar-refractivity contribution in [1.82, 2.24) is 5.32 Å². The molecule has 2 heteroatoms. The Labute approximate surface area is 76.9 Å². The Kier molecular flexibility index (Phi) is 6.39. The number of hydrogen-bond acceptors (Lipinski definition) is 2. The van der Waals surface area contributed by atoms with Gasteiger partial charge in [-0.15, -0.1) is 0 Å². The van der Waals surface area contributed by atoms with Crippen molar-refractivity contribution in [3.8, 4) is 0 Å². The Morgan fingerprint density at radius 2 is 1.67 bits per heavy atom. The van der Waals surface area contributed by atoms with Gasteiger partial charge in [-0.1, -0.05) is 13.8 Å². The highest BCUT2D eigenvalue weighted by Gasteiger charge is 2.08. The minimum Gasteiger partial charge on any atom is -0.328 e. The molecule has 0 aliphatic rings. The average Bonchev–Trinajstić information content (AvgIpc) is 2.03. The number of nitrogens with one attached hydrogen (secondary N) is 1. The van der Waals surface area contributed by atoms with Crippen molar-refractivity contribution in [3.05, 3.63) is 0 Å². The fourth-order valence-electron chi connectivity index (χ4n) is 1.29. The van der Waals surface area contributed by atoms with E-state index < -0.39 is 0 Å². The monoisotopic (exact) mass is 172 g/mol. The van der Waals surface area contributed by atoms with Gasteiger partial charge in [0.05, 0.1) is 0 Å². The maximum Gasteiger partial charge on any atom is 0.00559 e. The standard InChI is InChI=1S/C10H24N2/c1-5-8(3)12-9(4)7-10(11)6-2/h8-10,12H,5-7,11H2,1-4H3/t8-,9-,10?/m1/s1. The maximum atomic E-state index is 5.85. The van der Waals surface area contributed by atoms with E-state index in [1.165, 1.54) is 6.42 Å². The molecular weight excluding hydrogens is 148 g/mol. The van der Waals surface area contributed by atoms with E-state index in [1.54, 1.807) is 0 Å². The summed E-state index contributed by atoms with van der Waals surface area (Å²) in [5.41, 5.74) is 5.85. The van der Waals surface area contributed by atoms with Crippen LogP contribution in [-0.2, 0) is 0 Å². The van der Waals surface area contributed by atoms with Crippen molar-refractivity contribution in [2.24, 2.45) is 5.73 Å². The normalized spacial score (nSPS) is 18.8. The molecule has 3 N–H and O–H groups in total. The zero-order chi connectivity index (χ0) is 9.56. The maximum absolute atomic E-state index is 5.85. The van der Waals surface area contributed by atoms with Crippen LogP contribution in [0.15, 0.2) is 0 Å². The highest BCUT2D eigenvalue weighted by molar-refractivity contribution is 4.71. The van der Waals surface area contributed by atoms with Crippen LogP contribution in [0.25, 0.3) is 0 Å². The van der Waals surface area contributed by atoms with E-state index in [0.717, 1.165) is 12.8 Å². The molecule has 0 aliphatic heterocycles. The van der Waals surface area contributed by atoms with Crippen molar-refractivity contribution >= 4 is 0 Å². The predicted molar refractivity (Wildman–Crippen MR) is 55.2 cm³/mol. The molecule has 0 heterocycles. The molecule has 0 saturated carbocycles. The lowest BCUT2D eigenvalue weighted by Gasteiger charge is -2.21. The van der Waals surface area contributed by atoms with Crippen molar-refractivity contribution in [2.75, 3.05) is 0 Å². The van der Waals surface area contributed by atoms with Gasteiger partial charge in [0, 0.05) is 18.1 Å². The fourth-order valence-corrected chi connectivity index (χ4v) is 1.29. The summed E-state index contributed by atoms with van der Waals surface area (Å²) in [6.45, 7) is 8.76. The van der Waals surface area contributed by atoms with Crippen LogP contribution in [0.2, 0.25) is 0 Å². The molecule has 0 rings (SSSR count). The molecule has 0 fully saturated rings. The molecule has 0 aromatic heterocycles. The molecule has 74 valence electrons. The quantitative estimate of drug-likeness (QED) is 0.642. The van der Waals surface area contributed by atoms with Gasteiger partial charge in [-0.05, 0) is 33.1 Å². The Bertz CT molecular complexity index is 92.0. The van der Waals surface area contributed by atoms with Gasteiger partial charge in [0.1, 0.15) is 0 Å². The van der Waals surface area contributed by atoms with E-state index in [2.05, 4.69) is 33.0 Å². The van der Waals surface area contributed by atoms with Crippen LogP contribution in [0.3, 0.4) is 0 Å². The van der Waals surface area contributed by atoms with Crippen molar-refractivity contribution in [1.29, 1.82) is 0 Å². The lowest BCUT2D eigenvalue weighted by Crippen LogP contribution is -2.38. The first-order valence-electron chi connectivity index (χ1n) is 5.11. The van der Waals surface area contributed by atoms with Crippen molar-refractivity contribution in [3.63, 3.8) is 0 Å². The second kappa shape index (κ2) is 6.44. The zero-order valence-corrected chi connectivity index (χ0v) is 8.93. The highest BCUT2D eigenvalue weighted by atomic mass is 14.9. The average molecular weight is 172 g/mol. The van der Waals surface area contributed by atoms with Gasteiger partial charge in [0.15, 0.2) is 0 Å². The van der Waals surface area contributed by atoms with Crippen LogP contribution in [0, 0.1) is 0 Å². The van der Waals surface area contributed by atoms with Crippen LogP contribution in [0.1, 0.15) is 47.0 Å². The van der Waals surface area contributed by atoms with Crippen LogP contribution in [0.5, 0.6) is 0 Å². The molecule has 2 nitrogen and oxygen atoms in total. The van der Waals surface area contributed by atoms with Gasteiger partial charge >= 0.3 is 0 Å². The summed E-state index contributed by atoms with van der Waals surface area (Å²) in [5, 5.41) is 3.51. The Morgan fingerprint density at radius 3 is 2.08 bits per heavy atom. The second-order valence-electron chi connectivity index (χ2n) is 3.78. The van der Waals surface area contributed by atoms with Gasteiger partial charge in [-0.3, -0.25) is 0 Å². The Morgan fingerprint density at radius 1 is 1.08 bits per heavy atom. The van der Waals surface area contributed by atoms with E-state index in [4.69, 9.17) is 5.73 Å². The summed E-state index contributed by atoms with van der Waals surface area (Å²) in [4.78, 5) is 0. The third-order valence-corrected chi connectivity index (χ3v) is 2.36. The molecule has 1 unspecified atom stereocenters. The Balaban J connectivity index is 3.51. The molecule has 0 saturated heterocycles. The third kappa shape index (κ3) is 5.56. The largest absolute Gasteiger partial charge is 0.328 e. The Hall–Kier alpha value is -0.0800. The van der Waals surface area contributed by atoms with E-state index in [1.807, 2.05) is 0 Å². The number of rotatable bonds is 6. The SMILES string of the molecule is CCC(N)C[C@@H](C)N[C@H](C)CC. The lowest BCUT2D eigenvalue weighted by atomic mass is 10.1. The van der Waals surface area contributed by atoms with E-state index >= 15 is 0 Å². The summed E-state index contributed by atoms with van der Waals surface area (Å²) in [7, 11) is 0. The van der Waals surface area contributed by atoms with Crippen LogP contribution in [-0.4, -0.2) is 18.1 Å². The minimum absolute atomic E-state index is 0.358. The van der Waals surface area contributed by atoms with Crippen LogP contribution in [0.4, 0.5) is 0 Å². The third-order valence-electron chi connectivity index (χ3n) is 2.36. The summed E-state index contributed by atoms with van der Waals surface area (Å²) >= 11 is 0. The van der Waals surface area contributed by atoms with Gasteiger partial charge < -0.3 is 11.1 Å². The van der Waals surface area contributed by atoms with E-state index in [-0.39, 0.29) is 0 Å². The fraction of sp³-hybridized carbons (Fsp3) is 1.00. The molecule has 12 heavy (non-hydrogen) atoms. The zero-order valence-electron chi connectivity index (χ0n) is 8.93. The van der Waals surface area contributed by atoms with Crippen molar-refractivity contribution < 1.29 is 0 Å². The lowest BCUT2D eigenvalue weighted by molar-refractivity contribution is 0.406. The molecule has 0 amide bonds. The number of nitrogens with two attached hydrogens (primary N) is 1. The van der Waals surface area contributed by atoms with Gasteiger partial charge in [-0.25, -0.2) is 0 Å². The predicted octanol–water partition coefficient (Wildman–Crippen LogP) is 1.89. The molecule has 0 radical (unpaired) electrons. The van der Waals surface area contributed by atoms with Gasteiger partial charge in [0.25, 0.3) is 0 Å². The highest BCUT2D eigenvalue weighted by Crippen LogP contribution is 2.01. The second-order valence-corrected chi connectivity index (χ2v) is 3.78. The number of hydrogen-bond donors (Lipinski definition) is 2. The molecule has 3 atom stereocenters. The first kappa shape index (κ1) is 11.9. The minimum atomic E-state index is 0.358. The molecule has 0 aliphatic carbocycles. The first-order valence-corrected chi connectivity index (χ1v) is 5.11. The summed E-state index contributed by atoms with van der Waals surface area (Å²) < 4.78 is 0. The molecule has 0 aromatic rings. The summed E-state index contributed by atoms with van der Waals surface area (Å²) in [6, 6.07) is 1.52. The first-order chi connectivity index (χ1) is 5.60. The van der Waals surface area contributed by atoms with Crippen LogP contribution >= 0.6 is 0 Å². The van der Waals surface area contributed by atoms with Gasteiger partial charge in [-0.2, -0.15) is 0 Å². The van der Waals surface area contributed by atoms with Crippen molar-refractivity contribution in [2.45, 2.75) is 65.1 Å². The summed E-state index contributed by atoms with van der Waals surface area (Å²) in [5.74, 6) is 0. The molecule has 0 bridgehead atoms. The van der Waals surface area contributed by atoms with Crippen LogP contribution < -0.4 is 11.1 Å². The van der Waals surface area contributed by atoms with E-state index in [9.17, 15) is 0 Å². The summed E-state index contributed by atoms with van der Waals surface area (Å²) in [6.07, 6.45) is 3.35. The van der Waals surface area contributed by atoms with Gasteiger partial charge in [0.2, 0.25) is 0 Å². The smallest absolute Gasteiger partial charge is 0.00559 e. The molecular formula is C10H24N2. The van der Waals surface area contributed by atoms with E-state index in [0.29, 0.717) is 18.1 Å².